The minimum absolute atomic E-state index is 0.0382. The number of rotatable bonds is 1. The van der Waals surface area contributed by atoms with Crippen LogP contribution in [0, 0.1) is 0 Å². The Morgan fingerprint density at radius 3 is 2.33 bits per heavy atom. The summed E-state index contributed by atoms with van der Waals surface area (Å²) in [6, 6.07) is 8.55. The van der Waals surface area contributed by atoms with Crippen molar-refractivity contribution in [2.75, 3.05) is 4.90 Å². The first-order chi connectivity index (χ1) is 12.9. The summed E-state index contributed by atoms with van der Waals surface area (Å²) in [7, 11) is 0. The molecule has 2 aliphatic rings. The Labute approximate surface area is 151 Å². The molecule has 0 bridgehead atoms. The van der Waals surface area contributed by atoms with Crippen LogP contribution in [-0.4, -0.2) is 16.4 Å². The molecule has 2 amide bonds. The standard InChI is InChI=1S/C20H12F2N2O3/c21-20(22)15-4-2-1-3-13(15)16-9-11-5-6-12(10-14(11)19(27)24(16)20)23-17(25)7-8-18(23)26/h1-6,9-10H,7-8H2. The molecule has 0 spiro atoms. The van der Waals surface area contributed by atoms with Gasteiger partial charge >= 0.3 is 6.05 Å². The summed E-state index contributed by atoms with van der Waals surface area (Å²) in [5, 5.41) is 0.512. The number of fused-ring (bicyclic) bond motifs is 4. The number of anilines is 1. The molecule has 0 N–H and O–H groups in total. The lowest BCUT2D eigenvalue weighted by Crippen LogP contribution is -2.32. The zero-order chi connectivity index (χ0) is 18.9. The van der Waals surface area contributed by atoms with Gasteiger partial charge in [-0.25, -0.2) is 4.57 Å². The Bertz CT molecular complexity index is 1210. The van der Waals surface area contributed by atoms with E-state index < -0.39 is 11.6 Å². The van der Waals surface area contributed by atoms with Gasteiger partial charge in [0.2, 0.25) is 11.8 Å². The number of pyridine rings is 1. The first-order valence-corrected chi connectivity index (χ1v) is 8.43. The molecule has 2 aromatic carbocycles. The van der Waals surface area contributed by atoms with E-state index in [9.17, 15) is 23.2 Å². The summed E-state index contributed by atoms with van der Waals surface area (Å²) < 4.78 is 30.3. The van der Waals surface area contributed by atoms with E-state index in [0.717, 1.165) is 4.90 Å². The van der Waals surface area contributed by atoms with Gasteiger partial charge in [0.15, 0.2) is 0 Å². The number of aromatic nitrogens is 1. The van der Waals surface area contributed by atoms with E-state index >= 15 is 0 Å². The van der Waals surface area contributed by atoms with E-state index in [1.165, 1.54) is 24.3 Å². The van der Waals surface area contributed by atoms with Crippen molar-refractivity contribution in [3.63, 3.8) is 0 Å². The van der Waals surface area contributed by atoms with Gasteiger partial charge in [0.25, 0.3) is 5.56 Å². The van der Waals surface area contributed by atoms with Crippen molar-refractivity contribution < 1.29 is 18.4 Å². The molecular formula is C20H12F2N2O3. The van der Waals surface area contributed by atoms with Crippen molar-refractivity contribution in [1.29, 1.82) is 0 Å². The van der Waals surface area contributed by atoms with Crippen LogP contribution < -0.4 is 10.5 Å². The van der Waals surface area contributed by atoms with Gasteiger partial charge in [-0.2, -0.15) is 8.78 Å². The number of carbonyl (C=O) groups excluding carboxylic acids is 2. The molecule has 3 heterocycles. The minimum atomic E-state index is -3.47. The lowest BCUT2D eigenvalue weighted by atomic mass is 10.0. The van der Waals surface area contributed by atoms with Gasteiger partial charge in [0.1, 0.15) is 0 Å². The molecule has 1 fully saturated rings. The maximum absolute atomic E-state index is 14.9. The predicted octanol–water partition coefficient (Wildman–Crippen LogP) is 3.23. The number of halogens is 2. The van der Waals surface area contributed by atoms with Gasteiger partial charge < -0.3 is 0 Å². The van der Waals surface area contributed by atoms with Crippen molar-refractivity contribution in [1.82, 2.24) is 4.57 Å². The number of benzene rings is 2. The largest absolute Gasteiger partial charge is 0.359 e. The highest BCUT2D eigenvalue weighted by atomic mass is 19.3. The smallest absolute Gasteiger partial charge is 0.274 e. The van der Waals surface area contributed by atoms with Gasteiger partial charge in [0, 0.05) is 23.8 Å². The highest BCUT2D eigenvalue weighted by Gasteiger charge is 2.45. The molecule has 134 valence electrons. The average molecular weight is 366 g/mol. The zero-order valence-electron chi connectivity index (χ0n) is 13.9. The predicted molar refractivity (Wildman–Crippen MR) is 94.7 cm³/mol. The number of carbonyl (C=O) groups is 2. The maximum Gasteiger partial charge on any atom is 0.359 e. The topological polar surface area (TPSA) is 59.4 Å². The fraction of sp³-hybridized carbons (Fsp3) is 0.150. The van der Waals surface area contributed by atoms with E-state index in [-0.39, 0.29) is 47.0 Å². The molecule has 1 saturated heterocycles. The zero-order valence-corrected chi connectivity index (χ0v) is 13.9. The normalized spacial score (nSPS) is 17.5. The van der Waals surface area contributed by atoms with Gasteiger partial charge in [-0.05, 0) is 23.6 Å². The molecule has 0 unspecified atom stereocenters. The first-order valence-electron chi connectivity index (χ1n) is 8.43. The Morgan fingerprint density at radius 2 is 1.59 bits per heavy atom. The number of hydrogen-bond acceptors (Lipinski definition) is 3. The van der Waals surface area contributed by atoms with Crippen molar-refractivity contribution >= 4 is 28.3 Å². The molecular weight excluding hydrogens is 354 g/mol. The SMILES string of the molecule is O=C1CCC(=O)N1c1ccc2cc3n(c(=O)c2c1)C(F)(F)c1ccccc1-3. The van der Waals surface area contributed by atoms with E-state index in [1.807, 2.05) is 0 Å². The van der Waals surface area contributed by atoms with E-state index in [1.54, 1.807) is 24.3 Å². The molecule has 0 atom stereocenters. The van der Waals surface area contributed by atoms with Crippen LogP contribution in [0.3, 0.4) is 0 Å². The van der Waals surface area contributed by atoms with Crippen LogP contribution in [-0.2, 0) is 15.6 Å². The van der Waals surface area contributed by atoms with Crippen molar-refractivity contribution in [2.45, 2.75) is 18.9 Å². The quantitative estimate of drug-likeness (QED) is 0.622. The van der Waals surface area contributed by atoms with Gasteiger partial charge in [0.05, 0.1) is 16.9 Å². The summed E-state index contributed by atoms with van der Waals surface area (Å²) in [5.41, 5.74) is -0.386. The molecule has 0 radical (unpaired) electrons. The van der Waals surface area contributed by atoms with Gasteiger partial charge in [-0.15, -0.1) is 0 Å². The molecule has 1 aromatic heterocycles. The minimum Gasteiger partial charge on any atom is -0.274 e. The molecule has 3 aromatic rings. The van der Waals surface area contributed by atoms with Crippen LogP contribution in [0.5, 0.6) is 0 Å². The van der Waals surface area contributed by atoms with E-state index in [0.29, 0.717) is 15.5 Å². The fourth-order valence-corrected chi connectivity index (χ4v) is 3.87. The molecule has 0 saturated carbocycles. The first kappa shape index (κ1) is 15.9. The Balaban J connectivity index is 1.79. The van der Waals surface area contributed by atoms with Crippen LogP contribution in [0.2, 0.25) is 0 Å². The maximum atomic E-state index is 14.9. The van der Waals surface area contributed by atoms with Crippen LogP contribution >= 0.6 is 0 Å². The number of alkyl halides is 2. The lowest BCUT2D eigenvalue weighted by molar-refractivity contribution is -0.121. The van der Waals surface area contributed by atoms with Gasteiger partial charge in [-0.3, -0.25) is 19.3 Å². The second-order valence-electron chi connectivity index (χ2n) is 6.65. The fourth-order valence-electron chi connectivity index (χ4n) is 3.87. The van der Waals surface area contributed by atoms with Crippen molar-refractivity contribution in [3.8, 4) is 11.3 Å². The lowest BCUT2D eigenvalue weighted by Gasteiger charge is -2.17. The van der Waals surface area contributed by atoms with Crippen LogP contribution in [0.25, 0.3) is 22.0 Å². The number of amides is 2. The number of imide groups is 1. The third-order valence-corrected chi connectivity index (χ3v) is 5.12. The monoisotopic (exact) mass is 366 g/mol. The molecule has 5 nitrogen and oxygen atoms in total. The highest BCUT2D eigenvalue weighted by molar-refractivity contribution is 6.20. The number of nitrogens with zero attached hydrogens (tertiary/aromatic N) is 2. The van der Waals surface area contributed by atoms with Crippen LogP contribution in [0.15, 0.2) is 53.3 Å². The number of hydrogen-bond donors (Lipinski definition) is 0. The van der Waals surface area contributed by atoms with Crippen LogP contribution in [0.1, 0.15) is 18.4 Å². The molecule has 2 aliphatic heterocycles. The van der Waals surface area contributed by atoms with Crippen molar-refractivity contribution in [3.05, 3.63) is 64.4 Å². The van der Waals surface area contributed by atoms with E-state index in [4.69, 9.17) is 0 Å². The summed E-state index contributed by atoms with van der Waals surface area (Å²) in [6.07, 6.45) is 0.209. The molecule has 0 aliphatic carbocycles. The van der Waals surface area contributed by atoms with Crippen LogP contribution in [0.4, 0.5) is 14.5 Å². The second-order valence-corrected chi connectivity index (χ2v) is 6.65. The summed E-state index contributed by atoms with van der Waals surface area (Å²) >= 11 is 0. The Morgan fingerprint density at radius 1 is 0.889 bits per heavy atom. The summed E-state index contributed by atoms with van der Waals surface area (Å²) in [6.45, 7) is 0. The highest BCUT2D eigenvalue weighted by Crippen LogP contribution is 2.45. The molecule has 7 heteroatoms. The van der Waals surface area contributed by atoms with Crippen molar-refractivity contribution in [2.24, 2.45) is 0 Å². The second kappa shape index (κ2) is 5.09. The average Bonchev–Trinajstić information content (AvgIpc) is 3.10. The summed E-state index contributed by atoms with van der Waals surface area (Å²) in [4.78, 5) is 37.8. The third-order valence-electron chi connectivity index (χ3n) is 5.12. The van der Waals surface area contributed by atoms with E-state index in [2.05, 4.69) is 0 Å². The summed E-state index contributed by atoms with van der Waals surface area (Å²) in [5.74, 6) is -0.725. The Kier molecular flexibility index (Phi) is 2.99. The van der Waals surface area contributed by atoms with Gasteiger partial charge in [-0.1, -0.05) is 30.3 Å². The molecule has 5 rings (SSSR count). The Hall–Kier alpha value is -3.35. The molecule has 27 heavy (non-hydrogen) atoms. The third kappa shape index (κ3) is 1.99.